The summed E-state index contributed by atoms with van der Waals surface area (Å²) in [6.07, 6.45) is 4.24. The third-order valence-electron chi connectivity index (χ3n) is 2.95. The van der Waals surface area contributed by atoms with Gasteiger partial charge in [0.25, 0.3) is 0 Å². The molecule has 1 fully saturated rings. The number of nitrogens with zero attached hydrogens (tertiary/aromatic N) is 1. The van der Waals surface area contributed by atoms with Crippen molar-refractivity contribution < 1.29 is 4.74 Å². The molecule has 0 amide bonds. The molecule has 0 unspecified atom stereocenters. The Bertz CT molecular complexity index is 478. The molecular weight excluding hydrogens is 394 g/mol. The summed E-state index contributed by atoms with van der Waals surface area (Å²) in [4.78, 5) is 4.29. The lowest BCUT2D eigenvalue weighted by Crippen LogP contribution is -2.35. The maximum atomic E-state index is 5.53. The third-order valence-corrected chi connectivity index (χ3v) is 4.96. The topological polar surface area (TPSA) is 46.2 Å². The minimum atomic E-state index is 0.266. The molecule has 2 rings (SSSR count). The van der Waals surface area contributed by atoms with Crippen LogP contribution in [0.2, 0.25) is 0 Å². The molecule has 0 aromatic carbocycles. The number of halogens is 2. The van der Waals surface area contributed by atoms with E-state index in [4.69, 9.17) is 17.0 Å². The van der Waals surface area contributed by atoms with E-state index in [2.05, 4.69) is 47.5 Å². The molecule has 1 aromatic heterocycles. The molecule has 1 aliphatic heterocycles. The normalized spacial score (nSPS) is 18.4. The summed E-state index contributed by atoms with van der Waals surface area (Å²) >= 11 is 12.2. The molecule has 1 saturated heterocycles. The van der Waals surface area contributed by atoms with Gasteiger partial charge in [0.15, 0.2) is 5.11 Å². The van der Waals surface area contributed by atoms with Crippen molar-refractivity contribution in [2.45, 2.75) is 25.9 Å². The van der Waals surface area contributed by atoms with Gasteiger partial charge in [0.1, 0.15) is 5.82 Å². The Morgan fingerprint density at radius 1 is 1.58 bits per heavy atom. The largest absolute Gasteiger partial charge is 0.376 e. The van der Waals surface area contributed by atoms with Gasteiger partial charge in [-0.15, -0.1) is 0 Å². The summed E-state index contributed by atoms with van der Waals surface area (Å²) in [6.45, 7) is 3.59. The van der Waals surface area contributed by atoms with Crippen LogP contribution in [0.15, 0.2) is 15.1 Å². The molecule has 1 aliphatic rings. The maximum absolute atomic E-state index is 5.53. The zero-order valence-electron chi connectivity index (χ0n) is 10.5. The van der Waals surface area contributed by atoms with E-state index in [1.165, 1.54) is 0 Å². The molecule has 0 spiro atoms. The number of rotatable bonds is 3. The molecule has 19 heavy (non-hydrogen) atoms. The summed E-state index contributed by atoms with van der Waals surface area (Å²) in [6, 6.07) is 0. The second-order valence-electron chi connectivity index (χ2n) is 4.36. The van der Waals surface area contributed by atoms with Crippen molar-refractivity contribution in [1.29, 1.82) is 0 Å². The van der Waals surface area contributed by atoms with Crippen molar-refractivity contribution in [3.8, 4) is 0 Å². The molecule has 2 heterocycles. The number of anilines is 1. The summed E-state index contributed by atoms with van der Waals surface area (Å²) in [5, 5.41) is 6.81. The zero-order chi connectivity index (χ0) is 13.8. The van der Waals surface area contributed by atoms with Crippen molar-refractivity contribution in [3.63, 3.8) is 0 Å². The Balaban J connectivity index is 1.89. The predicted molar refractivity (Wildman–Crippen MR) is 87.6 cm³/mol. The molecule has 0 saturated carbocycles. The highest BCUT2D eigenvalue weighted by atomic mass is 79.9. The standard InChI is InChI=1S/C12H15Br2N3OS/c1-7-9(13)6-15-11(10(7)14)17-12(19)16-5-8-3-2-4-18-8/h6,8H,2-5H2,1H3,(H2,15,16,17,19)/t8-/m1/s1. The van der Waals surface area contributed by atoms with Crippen molar-refractivity contribution in [2.24, 2.45) is 0 Å². The predicted octanol–water partition coefficient (Wildman–Crippen LogP) is 3.38. The molecule has 4 nitrogen and oxygen atoms in total. The lowest BCUT2D eigenvalue weighted by Gasteiger charge is -2.15. The Kier molecular flexibility index (Phi) is 5.56. The summed E-state index contributed by atoms with van der Waals surface area (Å²) in [5.74, 6) is 0.713. The number of thiocarbonyl (C=S) groups is 1. The zero-order valence-corrected chi connectivity index (χ0v) is 14.5. The van der Waals surface area contributed by atoms with Crippen molar-refractivity contribution in [2.75, 3.05) is 18.5 Å². The van der Waals surface area contributed by atoms with E-state index in [1.807, 2.05) is 6.92 Å². The van der Waals surface area contributed by atoms with Gasteiger partial charge < -0.3 is 15.4 Å². The number of aromatic nitrogens is 1. The van der Waals surface area contributed by atoms with Gasteiger partial charge in [0.2, 0.25) is 0 Å². The number of ether oxygens (including phenoxy) is 1. The Hall–Kier alpha value is -0.240. The quantitative estimate of drug-likeness (QED) is 0.750. The fourth-order valence-corrected chi connectivity index (χ4v) is 2.97. The second-order valence-corrected chi connectivity index (χ2v) is 6.42. The van der Waals surface area contributed by atoms with E-state index in [9.17, 15) is 0 Å². The first-order chi connectivity index (χ1) is 9.08. The van der Waals surface area contributed by atoms with E-state index in [0.717, 1.165) is 40.5 Å². The van der Waals surface area contributed by atoms with Gasteiger partial charge in [-0.3, -0.25) is 0 Å². The van der Waals surface area contributed by atoms with E-state index in [0.29, 0.717) is 10.9 Å². The SMILES string of the molecule is Cc1c(Br)cnc(NC(=S)NC[C@H]2CCCO2)c1Br. The van der Waals surface area contributed by atoms with E-state index < -0.39 is 0 Å². The third kappa shape index (κ3) is 4.11. The van der Waals surface area contributed by atoms with Crippen LogP contribution in [0.3, 0.4) is 0 Å². The van der Waals surface area contributed by atoms with Crippen LogP contribution in [0.1, 0.15) is 18.4 Å². The van der Waals surface area contributed by atoms with Gasteiger partial charge in [-0.25, -0.2) is 4.98 Å². The molecule has 0 aliphatic carbocycles. The molecular formula is C12H15Br2N3OS. The summed E-state index contributed by atoms with van der Waals surface area (Å²) < 4.78 is 7.40. The lowest BCUT2D eigenvalue weighted by molar-refractivity contribution is 0.114. The molecule has 0 bridgehead atoms. The average Bonchev–Trinajstić information content (AvgIpc) is 2.90. The Morgan fingerprint density at radius 3 is 3.05 bits per heavy atom. The van der Waals surface area contributed by atoms with Crippen LogP contribution in [0.25, 0.3) is 0 Å². The van der Waals surface area contributed by atoms with Gasteiger partial charge >= 0.3 is 0 Å². The van der Waals surface area contributed by atoms with Crippen molar-refractivity contribution in [1.82, 2.24) is 10.3 Å². The first kappa shape index (κ1) is 15.2. The monoisotopic (exact) mass is 407 g/mol. The molecule has 1 aromatic rings. The van der Waals surface area contributed by atoms with Crippen LogP contribution in [0.5, 0.6) is 0 Å². The van der Waals surface area contributed by atoms with Gasteiger partial charge in [0.05, 0.1) is 10.6 Å². The van der Waals surface area contributed by atoms with Gasteiger partial charge in [-0.05, 0) is 69.4 Å². The van der Waals surface area contributed by atoms with Crippen LogP contribution in [0, 0.1) is 6.92 Å². The number of hydrogen-bond donors (Lipinski definition) is 2. The van der Waals surface area contributed by atoms with E-state index >= 15 is 0 Å². The number of hydrogen-bond acceptors (Lipinski definition) is 3. The maximum Gasteiger partial charge on any atom is 0.172 e. The summed E-state index contributed by atoms with van der Waals surface area (Å²) in [7, 11) is 0. The second kappa shape index (κ2) is 6.97. The molecule has 7 heteroatoms. The summed E-state index contributed by atoms with van der Waals surface area (Å²) in [5.41, 5.74) is 1.08. The van der Waals surface area contributed by atoms with Crippen LogP contribution >= 0.6 is 44.1 Å². The molecule has 0 radical (unpaired) electrons. The van der Waals surface area contributed by atoms with Gasteiger partial charge in [-0.1, -0.05) is 0 Å². The highest BCUT2D eigenvalue weighted by molar-refractivity contribution is 9.11. The highest BCUT2D eigenvalue weighted by Crippen LogP contribution is 2.29. The van der Waals surface area contributed by atoms with Gasteiger partial charge in [-0.2, -0.15) is 0 Å². The van der Waals surface area contributed by atoms with Gasteiger partial charge in [0, 0.05) is 23.8 Å². The fraction of sp³-hybridized carbons (Fsp3) is 0.500. The van der Waals surface area contributed by atoms with Crippen LogP contribution in [0.4, 0.5) is 5.82 Å². The van der Waals surface area contributed by atoms with Crippen molar-refractivity contribution >= 4 is 55.0 Å². The van der Waals surface area contributed by atoms with E-state index in [-0.39, 0.29) is 6.10 Å². The minimum absolute atomic E-state index is 0.266. The smallest absolute Gasteiger partial charge is 0.172 e. The lowest BCUT2D eigenvalue weighted by atomic mass is 10.2. The van der Waals surface area contributed by atoms with Crippen LogP contribution < -0.4 is 10.6 Å². The Labute approximate surface area is 135 Å². The van der Waals surface area contributed by atoms with Crippen LogP contribution in [-0.4, -0.2) is 29.4 Å². The average molecular weight is 409 g/mol. The number of nitrogens with one attached hydrogen (secondary N) is 2. The van der Waals surface area contributed by atoms with Crippen LogP contribution in [-0.2, 0) is 4.74 Å². The first-order valence-electron chi connectivity index (χ1n) is 6.05. The molecule has 104 valence electrons. The molecule has 1 atom stereocenters. The first-order valence-corrected chi connectivity index (χ1v) is 8.04. The fourth-order valence-electron chi connectivity index (χ4n) is 1.81. The van der Waals surface area contributed by atoms with Crippen molar-refractivity contribution in [3.05, 3.63) is 20.7 Å². The Morgan fingerprint density at radius 2 is 2.37 bits per heavy atom. The number of pyridine rings is 1. The highest BCUT2D eigenvalue weighted by Gasteiger charge is 2.16. The minimum Gasteiger partial charge on any atom is -0.376 e. The van der Waals surface area contributed by atoms with E-state index in [1.54, 1.807) is 6.20 Å². The molecule has 2 N–H and O–H groups in total.